The fraction of sp³-hybridized carbons (Fsp3) is 0.130. The summed E-state index contributed by atoms with van der Waals surface area (Å²) in [5.74, 6) is -2.05. The van der Waals surface area contributed by atoms with Crippen LogP contribution >= 0.6 is 0 Å². The Hall–Kier alpha value is -4.10. The van der Waals surface area contributed by atoms with Gasteiger partial charge in [-0.2, -0.15) is 0 Å². The average molecular weight is 715 g/mol. The minimum absolute atomic E-state index is 0.389. The van der Waals surface area contributed by atoms with Crippen LogP contribution in [0, 0.1) is 0 Å². The van der Waals surface area contributed by atoms with Crippen molar-refractivity contribution in [1.29, 1.82) is 0 Å². The Bertz CT molecular complexity index is 1960. The molecule has 0 bridgehead atoms. The van der Waals surface area contributed by atoms with Crippen LogP contribution in [0.15, 0.2) is 181 Å². The number of benzene rings is 6. The zero-order chi connectivity index (χ0) is 32.6. The minimum atomic E-state index is -4.77. The molecule has 235 valence electrons. The quantitative estimate of drug-likeness (QED) is 0.131. The van der Waals surface area contributed by atoms with Crippen molar-refractivity contribution in [2.45, 2.75) is 29.4 Å². The van der Waals surface area contributed by atoms with Gasteiger partial charge < -0.3 is 0 Å². The summed E-state index contributed by atoms with van der Waals surface area (Å²) in [5, 5.41) is 3.19. The van der Waals surface area contributed by atoms with Gasteiger partial charge in [0.05, 0.1) is 0 Å². The van der Waals surface area contributed by atoms with Crippen molar-refractivity contribution in [3.63, 3.8) is 0 Å². The van der Waals surface area contributed by atoms with Crippen LogP contribution in [0.25, 0.3) is 12.2 Å². The van der Waals surface area contributed by atoms with Gasteiger partial charge in [0.25, 0.3) is 0 Å². The van der Waals surface area contributed by atoms with Gasteiger partial charge in [0.2, 0.25) is 0 Å². The molecule has 2 heteroatoms. The van der Waals surface area contributed by atoms with Gasteiger partial charge in [-0.25, -0.2) is 0 Å². The Morgan fingerprint density at radius 2 is 0.750 bits per heavy atom. The normalized spacial score (nSPS) is 17.6. The average Bonchev–Trinajstić information content (AvgIpc) is 3.66. The monoisotopic (exact) mass is 713 g/mol. The van der Waals surface area contributed by atoms with Crippen LogP contribution in [0.5, 0.6) is 0 Å². The van der Waals surface area contributed by atoms with Gasteiger partial charge in [-0.1, -0.05) is 0 Å². The van der Waals surface area contributed by atoms with E-state index in [1.807, 2.05) is 0 Å². The molecule has 2 unspecified atom stereocenters. The van der Waals surface area contributed by atoms with Crippen molar-refractivity contribution in [2.75, 3.05) is 0 Å². The van der Waals surface area contributed by atoms with Gasteiger partial charge in [-0.3, -0.25) is 0 Å². The molecular formula is C46H43SiZr. The molecule has 0 heterocycles. The first-order valence-electron chi connectivity index (χ1n) is 17.5. The molecule has 0 amide bonds. The van der Waals surface area contributed by atoms with Crippen LogP contribution in [0.2, 0.25) is 0 Å². The van der Waals surface area contributed by atoms with E-state index in [9.17, 15) is 0 Å². The molecule has 6 aromatic carbocycles. The third kappa shape index (κ3) is 5.04. The SMILES string of the molecule is CC1=Cc2ccccc2[CH]1[Zr]([CH2]c1ccccc1)([CH2]c1ccccc1)([CH]1C(C)=Cc2ccccc21)[SiH](c1ccccc1)c1ccccc1. The molecule has 0 aromatic heterocycles. The summed E-state index contributed by atoms with van der Waals surface area (Å²) in [7, 11) is 0. The molecule has 0 spiro atoms. The van der Waals surface area contributed by atoms with Crippen molar-refractivity contribution in [2.24, 2.45) is 0 Å². The summed E-state index contributed by atoms with van der Waals surface area (Å²) in [6.45, 7) is 4.96. The van der Waals surface area contributed by atoms with Gasteiger partial charge >= 0.3 is 290 Å². The number of allylic oxidation sites excluding steroid dienone is 2. The summed E-state index contributed by atoms with van der Waals surface area (Å²) in [5.41, 5.74) is 12.1. The Morgan fingerprint density at radius 1 is 0.417 bits per heavy atom. The molecule has 6 aromatic rings. The van der Waals surface area contributed by atoms with Crippen molar-refractivity contribution in [1.82, 2.24) is 0 Å². The maximum absolute atomic E-state index is 4.77. The predicted octanol–water partition coefficient (Wildman–Crippen LogP) is 9.93. The molecule has 2 aliphatic carbocycles. The van der Waals surface area contributed by atoms with Gasteiger partial charge in [0.1, 0.15) is 0 Å². The number of hydrogen-bond donors (Lipinski definition) is 0. The van der Waals surface area contributed by atoms with E-state index in [0.717, 1.165) is 8.26 Å². The Kier molecular flexibility index (Phi) is 8.27. The number of rotatable bonds is 9. The third-order valence-corrected chi connectivity index (χ3v) is 54.8. The number of fused-ring (bicyclic) bond motifs is 2. The molecule has 0 aliphatic heterocycles. The van der Waals surface area contributed by atoms with Gasteiger partial charge in [-0.05, 0) is 0 Å². The zero-order valence-corrected chi connectivity index (χ0v) is 31.6. The summed E-state index contributed by atoms with van der Waals surface area (Å²) in [4.78, 5) is 0. The molecule has 0 radical (unpaired) electrons. The van der Waals surface area contributed by atoms with Crippen LogP contribution in [0.1, 0.15) is 54.5 Å². The summed E-state index contributed by atoms with van der Waals surface area (Å²) in [6, 6.07) is 65.8. The summed E-state index contributed by atoms with van der Waals surface area (Å²) in [6.07, 6.45) is 5.12. The Balaban J connectivity index is 1.63. The van der Waals surface area contributed by atoms with E-state index < -0.39 is 23.9 Å². The van der Waals surface area contributed by atoms with E-state index in [4.69, 9.17) is 0 Å². The van der Waals surface area contributed by atoms with Crippen LogP contribution in [0.3, 0.4) is 0 Å². The fourth-order valence-corrected chi connectivity index (χ4v) is 67.0. The van der Waals surface area contributed by atoms with Crippen molar-refractivity contribution < 1.29 is 17.9 Å². The van der Waals surface area contributed by atoms with E-state index >= 15 is 0 Å². The van der Waals surface area contributed by atoms with E-state index in [-0.39, 0.29) is 0 Å². The Labute approximate surface area is 288 Å². The number of hydrogen-bond acceptors (Lipinski definition) is 0. The molecule has 0 fully saturated rings. The van der Waals surface area contributed by atoms with E-state index in [1.54, 1.807) is 32.6 Å². The second-order valence-electron chi connectivity index (χ2n) is 14.5. The van der Waals surface area contributed by atoms with Crippen LogP contribution in [-0.4, -0.2) is 5.92 Å². The van der Waals surface area contributed by atoms with Crippen molar-refractivity contribution in [3.8, 4) is 0 Å². The molecule has 2 aliphatic rings. The van der Waals surface area contributed by atoms with E-state index in [1.165, 1.54) is 22.3 Å². The summed E-state index contributed by atoms with van der Waals surface area (Å²) >= 11 is -4.77. The maximum atomic E-state index is 2.56. The van der Waals surface area contributed by atoms with E-state index in [2.05, 4.69) is 196 Å². The van der Waals surface area contributed by atoms with Crippen LogP contribution < -0.4 is 10.4 Å². The molecule has 0 saturated heterocycles. The molecule has 2 atom stereocenters. The molecule has 0 saturated carbocycles. The standard InChI is InChI=1S/C12H11Si.2C10H9.2C7H7.Zr/c1-3-7-11(8-4-1)13-12-9-5-2-6-10-12;2*1-8-6-9-4-2-3-5-10(9)7-8;2*1-7-5-3-2-4-6-7;/h1-10,13H;2*2-7H,1H3;2*2-6H,1H2;. The van der Waals surface area contributed by atoms with Gasteiger partial charge in [0.15, 0.2) is 0 Å². The van der Waals surface area contributed by atoms with Crippen molar-refractivity contribution in [3.05, 3.63) is 214 Å². The van der Waals surface area contributed by atoms with Gasteiger partial charge in [0, 0.05) is 0 Å². The van der Waals surface area contributed by atoms with Gasteiger partial charge in [-0.15, -0.1) is 0 Å². The van der Waals surface area contributed by atoms with E-state index in [0.29, 0.717) is 7.25 Å². The fourth-order valence-electron chi connectivity index (χ4n) is 10.6. The summed E-state index contributed by atoms with van der Waals surface area (Å²) < 4.78 is 3.09. The van der Waals surface area contributed by atoms with Crippen LogP contribution in [0.4, 0.5) is 0 Å². The molecule has 8 rings (SSSR count). The van der Waals surface area contributed by atoms with Crippen molar-refractivity contribution >= 4 is 28.4 Å². The molecule has 0 N–H and O–H groups in total. The molecule has 48 heavy (non-hydrogen) atoms. The second-order valence-corrected chi connectivity index (χ2v) is 44.0. The first-order chi connectivity index (χ1) is 23.6. The Morgan fingerprint density at radius 3 is 1.15 bits per heavy atom. The first kappa shape index (κ1) is 31.2. The second kappa shape index (κ2) is 12.7. The molecule has 0 nitrogen and oxygen atoms in total. The zero-order valence-electron chi connectivity index (χ0n) is 28.0. The third-order valence-electron chi connectivity index (χ3n) is 11.7. The van der Waals surface area contributed by atoms with Crippen LogP contribution in [-0.2, 0) is 26.2 Å². The topological polar surface area (TPSA) is 0 Å². The predicted molar refractivity (Wildman–Crippen MR) is 205 cm³/mol. The first-order valence-corrected chi connectivity index (χ1v) is 29.8. The molecular weight excluding hydrogens is 672 g/mol.